The zero-order valence-electron chi connectivity index (χ0n) is 10.6. The molecule has 1 aromatic carbocycles. The number of amidine groups is 1. The number of nitrogens with zero attached hydrogens (tertiary/aromatic N) is 1. The van der Waals surface area contributed by atoms with Gasteiger partial charge >= 0.3 is 0 Å². The van der Waals surface area contributed by atoms with E-state index in [4.69, 9.17) is 25.4 Å². The quantitative estimate of drug-likeness (QED) is 0.652. The third-order valence-corrected chi connectivity index (χ3v) is 2.87. The van der Waals surface area contributed by atoms with Crippen molar-refractivity contribution in [2.75, 3.05) is 6.79 Å². The molecule has 1 aliphatic rings. The molecule has 0 atom stereocenters. The van der Waals surface area contributed by atoms with E-state index >= 15 is 0 Å². The summed E-state index contributed by atoms with van der Waals surface area (Å²) in [6.45, 7) is 0.604. The number of aromatic nitrogens is 1. The first-order chi connectivity index (χ1) is 9.72. The smallest absolute Gasteiger partial charge is 0.231 e. The highest BCUT2D eigenvalue weighted by Gasteiger charge is 2.13. The van der Waals surface area contributed by atoms with Crippen LogP contribution in [0.15, 0.2) is 36.5 Å². The van der Waals surface area contributed by atoms with Gasteiger partial charge < -0.3 is 19.9 Å². The molecular formula is C14H13N3O3. The maximum absolute atomic E-state index is 7.38. The second-order valence-electron chi connectivity index (χ2n) is 4.27. The molecule has 6 heteroatoms. The molecule has 0 unspecified atom stereocenters. The van der Waals surface area contributed by atoms with Gasteiger partial charge in [0.1, 0.15) is 12.4 Å². The van der Waals surface area contributed by atoms with Crippen molar-refractivity contribution in [3.05, 3.63) is 47.7 Å². The number of nitrogen functional groups attached to an aromatic ring is 1. The van der Waals surface area contributed by atoms with Crippen molar-refractivity contribution in [3.63, 3.8) is 0 Å². The molecule has 0 fully saturated rings. The summed E-state index contributed by atoms with van der Waals surface area (Å²) in [6.07, 6.45) is 1.56. The Kier molecular flexibility index (Phi) is 3.12. The third kappa shape index (κ3) is 2.49. The van der Waals surface area contributed by atoms with E-state index in [1.54, 1.807) is 18.3 Å². The molecule has 0 bridgehead atoms. The second-order valence-corrected chi connectivity index (χ2v) is 4.27. The Morgan fingerprint density at radius 3 is 2.95 bits per heavy atom. The molecule has 102 valence electrons. The lowest BCUT2D eigenvalue weighted by molar-refractivity contribution is 0.174. The van der Waals surface area contributed by atoms with Crippen LogP contribution in [0.3, 0.4) is 0 Å². The van der Waals surface area contributed by atoms with E-state index in [9.17, 15) is 0 Å². The van der Waals surface area contributed by atoms with Crippen molar-refractivity contribution >= 4 is 5.84 Å². The van der Waals surface area contributed by atoms with Crippen LogP contribution in [0.4, 0.5) is 0 Å². The first kappa shape index (κ1) is 12.3. The zero-order valence-corrected chi connectivity index (χ0v) is 10.6. The first-order valence-corrected chi connectivity index (χ1v) is 6.04. The maximum Gasteiger partial charge on any atom is 0.231 e. The second kappa shape index (κ2) is 5.08. The Hall–Kier alpha value is -2.76. The molecule has 1 aliphatic heterocycles. The van der Waals surface area contributed by atoms with Crippen molar-refractivity contribution < 1.29 is 14.2 Å². The van der Waals surface area contributed by atoms with Gasteiger partial charge in [-0.05, 0) is 23.8 Å². The van der Waals surface area contributed by atoms with Crippen LogP contribution in [0.2, 0.25) is 0 Å². The standard InChI is InChI=1S/C14H13N3O3/c15-14(16)10-3-4-17-13(6-10)18-7-9-1-2-11-12(5-9)20-8-19-11/h1-6H,7-8H2,(H3,15,16). The molecule has 2 heterocycles. The Balaban J connectivity index is 1.70. The summed E-state index contributed by atoms with van der Waals surface area (Å²) in [5.41, 5.74) is 6.95. The maximum atomic E-state index is 7.38. The van der Waals surface area contributed by atoms with Gasteiger partial charge in [-0.15, -0.1) is 0 Å². The minimum atomic E-state index is -0.0136. The molecule has 0 amide bonds. The van der Waals surface area contributed by atoms with E-state index in [1.807, 2.05) is 18.2 Å². The highest BCUT2D eigenvalue weighted by molar-refractivity contribution is 5.95. The van der Waals surface area contributed by atoms with E-state index < -0.39 is 0 Å². The fourth-order valence-corrected chi connectivity index (χ4v) is 1.84. The van der Waals surface area contributed by atoms with Crippen LogP contribution in [-0.2, 0) is 6.61 Å². The highest BCUT2D eigenvalue weighted by Crippen LogP contribution is 2.32. The monoisotopic (exact) mass is 271 g/mol. The summed E-state index contributed by atoms with van der Waals surface area (Å²) in [7, 11) is 0. The Morgan fingerprint density at radius 2 is 2.10 bits per heavy atom. The number of hydrogen-bond donors (Lipinski definition) is 2. The molecule has 3 rings (SSSR count). The van der Waals surface area contributed by atoms with Gasteiger partial charge in [0.2, 0.25) is 12.7 Å². The average Bonchev–Trinajstić information content (AvgIpc) is 2.93. The van der Waals surface area contributed by atoms with Crippen molar-refractivity contribution in [1.82, 2.24) is 4.98 Å². The molecule has 0 saturated heterocycles. The largest absolute Gasteiger partial charge is 0.473 e. The number of pyridine rings is 1. The van der Waals surface area contributed by atoms with Crippen molar-refractivity contribution in [2.45, 2.75) is 6.61 Å². The SMILES string of the molecule is N=C(N)c1ccnc(OCc2ccc3c(c2)OCO3)c1. The van der Waals surface area contributed by atoms with Crippen LogP contribution >= 0.6 is 0 Å². The summed E-state index contributed by atoms with van der Waals surface area (Å²) in [5.74, 6) is 1.87. The Morgan fingerprint density at radius 1 is 1.25 bits per heavy atom. The number of ether oxygens (including phenoxy) is 3. The van der Waals surface area contributed by atoms with Gasteiger partial charge in [0, 0.05) is 17.8 Å². The van der Waals surface area contributed by atoms with Gasteiger partial charge in [0.05, 0.1) is 0 Å². The third-order valence-electron chi connectivity index (χ3n) is 2.87. The molecule has 0 saturated carbocycles. The van der Waals surface area contributed by atoms with Gasteiger partial charge in [0.25, 0.3) is 0 Å². The molecule has 6 nitrogen and oxygen atoms in total. The van der Waals surface area contributed by atoms with E-state index in [0.717, 1.165) is 17.1 Å². The zero-order chi connectivity index (χ0) is 13.9. The number of benzene rings is 1. The van der Waals surface area contributed by atoms with Crippen molar-refractivity contribution in [2.24, 2.45) is 5.73 Å². The van der Waals surface area contributed by atoms with Gasteiger partial charge in [-0.3, -0.25) is 5.41 Å². The van der Waals surface area contributed by atoms with E-state index in [2.05, 4.69) is 4.98 Å². The predicted octanol–water partition coefficient (Wildman–Crippen LogP) is 1.67. The fraction of sp³-hybridized carbons (Fsp3) is 0.143. The molecule has 0 spiro atoms. The molecular weight excluding hydrogens is 258 g/mol. The topological polar surface area (TPSA) is 90.5 Å². The lowest BCUT2D eigenvalue weighted by Crippen LogP contribution is -2.11. The van der Waals surface area contributed by atoms with E-state index in [1.165, 1.54) is 0 Å². The van der Waals surface area contributed by atoms with Gasteiger partial charge in [-0.2, -0.15) is 0 Å². The van der Waals surface area contributed by atoms with Crippen molar-refractivity contribution in [3.8, 4) is 17.4 Å². The normalized spacial score (nSPS) is 12.2. The summed E-state index contributed by atoms with van der Waals surface area (Å²) in [5, 5.41) is 7.38. The van der Waals surface area contributed by atoms with Crippen LogP contribution in [-0.4, -0.2) is 17.6 Å². The Bertz CT molecular complexity index is 658. The van der Waals surface area contributed by atoms with Gasteiger partial charge in [-0.1, -0.05) is 6.07 Å². The number of rotatable bonds is 4. The molecule has 0 radical (unpaired) electrons. The van der Waals surface area contributed by atoms with E-state index in [-0.39, 0.29) is 12.6 Å². The van der Waals surface area contributed by atoms with Crippen LogP contribution in [0.1, 0.15) is 11.1 Å². The molecule has 2 aromatic rings. The minimum Gasteiger partial charge on any atom is -0.473 e. The minimum absolute atomic E-state index is 0.0136. The van der Waals surface area contributed by atoms with Gasteiger partial charge in [0.15, 0.2) is 11.5 Å². The fourth-order valence-electron chi connectivity index (χ4n) is 1.84. The van der Waals surface area contributed by atoms with Gasteiger partial charge in [-0.25, -0.2) is 4.98 Å². The van der Waals surface area contributed by atoms with E-state index in [0.29, 0.717) is 18.1 Å². The summed E-state index contributed by atoms with van der Waals surface area (Å²) >= 11 is 0. The lowest BCUT2D eigenvalue weighted by Gasteiger charge is -2.07. The molecule has 1 aromatic heterocycles. The highest BCUT2D eigenvalue weighted by atomic mass is 16.7. The average molecular weight is 271 g/mol. The Labute approximate surface area is 115 Å². The summed E-state index contributed by atoms with van der Waals surface area (Å²) in [4.78, 5) is 4.08. The number of nitrogens with two attached hydrogens (primary N) is 1. The van der Waals surface area contributed by atoms with Crippen LogP contribution in [0.5, 0.6) is 17.4 Å². The first-order valence-electron chi connectivity index (χ1n) is 6.04. The lowest BCUT2D eigenvalue weighted by atomic mass is 10.2. The number of hydrogen-bond acceptors (Lipinski definition) is 5. The summed E-state index contributed by atoms with van der Waals surface area (Å²) in [6, 6.07) is 8.92. The molecule has 20 heavy (non-hydrogen) atoms. The molecule has 0 aliphatic carbocycles. The van der Waals surface area contributed by atoms with Crippen LogP contribution < -0.4 is 19.9 Å². The molecule has 3 N–H and O–H groups in total. The number of nitrogens with one attached hydrogen (secondary N) is 1. The van der Waals surface area contributed by atoms with Crippen molar-refractivity contribution in [1.29, 1.82) is 5.41 Å². The summed E-state index contributed by atoms with van der Waals surface area (Å²) < 4.78 is 16.1. The number of fused-ring (bicyclic) bond motifs is 1. The predicted molar refractivity (Wildman–Crippen MR) is 72.2 cm³/mol. The van der Waals surface area contributed by atoms with Crippen LogP contribution in [0, 0.1) is 5.41 Å². The van der Waals surface area contributed by atoms with Crippen LogP contribution in [0.25, 0.3) is 0 Å².